The summed E-state index contributed by atoms with van der Waals surface area (Å²) in [6.07, 6.45) is 0.697. The molecule has 0 spiro atoms. The van der Waals surface area contributed by atoms with Gasteiger partial charge < -0.3 is 9.84 Å². The number of carboxylic acid groups (broad SMARTS) is 1. The van der Waals surface area contributed by atoms with Gasteiger partial charge in [0.25, 0.3) is 0 Å². The van der Waals surface area contributed by atoms with Gasteiger partial charge in [0.2, 0.25) is 0 Å². The Bertz CT molecular complexity index is 1540. The molecule has 4 aromatic carbocycles. The molecule has 0 saturated heterocycles. The summed E-state index contributed by atoms with van der Waals surface area (Å²) in [4.78, 5) is 11.0. The first-order chi connectivity index (χ1) is 18.0. The van der Waals surface area contributed by atoms with Gasteiger partial charge in [-0.3, -0.25) is 0 Å². The van der Waals surface area contributed by atoms with Gasteiger partial charge >= 0.3 is 5.97 Å². The lowest BCUT2D eigenvalue weighted by molar-refractivity contribution is -0.139. The summed E-state index contributed by atoms with van der Waals surface area (Å²) in [6.45, 7) is 1.67. The van der Waals surface area contributed by atoms with Gasteiger partial charge in [-0.15, -0.1) is 0 Å². The molecule has 0 aliphatic rings. The molecule has 0 aliphatic heterocycles. The Morgan fingerprint density at radius 1 is 0.865 bits per heavy atom. The van der Waals surface area contributed by atoms with Crippen LogP contribution in [0.25, 0.3) is 39.2 Å². The van der Waals surface area contributed by atoms with Crippen LogP contribution in [0.15, 0.2) is 103 Å². The second-order valence-corrected chi connectivity index (χ2v) is 8.54. The number of aromatic nitrogens is 2. The third-order valence-corrected chi connectivity index (χ3v) is 6.14. The fraction of sp³-hybridized carbons (Fsp3) is 0.0968. The predicted octanol–water partition coefficient (Wildman–Crippen LogP) is 7.04. The van der Waals surface area contributed by atoms with Gasteiger partial charge in [-0.2, -0.15) is 5.10 Å². The molecule has 37 heavy (non-hydrogen) atoms. The van der Waals surface area contributed by atoms with Crippen molar-refractivity contribution in [1.82, 2.24) is 9.78 Å². The van der Waals surface area contributed by atoms with Crippen molar-refractivity contribution in [2.24, 2.45) is 0 Å². The molecular formula is C31H25FN2O3. The number of carbonyl (C=O) groups is 1. The van der Waals surface area contributed by atoms with E-state index in [4.69, 9.17) is 14.9 Å². The van der Waals surface area contributed by atoms with Gasteiger partial charge in [-0.25, -0.2) is 13.9 Å². The number of carboxylic acids is 1. The van der Waals surface area contributed by atoms with E-state index in [0.29, 0.717) is 12.2 Å². The Morgan fingerprint density at radius 3 is 2.30 bits per heavy atom. The van der Waals surface area contributed by atoms with Gasteiger partial charge in [-0.05, 0) is 47.9 Å². The summed E-state index contributed by atoms with van der Waals surface area (Å²) < 4.78 is 21.2. The van der Waals surface area contributed by atoms with Crippen molar-refractivity contribution in [1.29, 1.82) is 0 Å². The van der Waals surface area contributed by atoms with E-state index in [0.717, 1.165) is 44.9 Å². The molecule has 6 heteroatoms. The minimum atomic E-state index is -1.03. The molecule has 1 N–H and O–H groups in total. The highest BCUT2D eigenvalue weighted by Gasteiger charge is 2.22. The van der Waals surface area contributed by atoms with Crippen LogP contribution in [0.4, 0.5) is 4.39 Å². The Balaban J connectivity index is 1.70. The second-order valence-electron chi connectivity index (χ2n) is 8.54. The van der Waals surface area contributed by atoms with Crippen LogP contribution in [0.5, 0.6) is 5.75 Å². The highest BCUT2D eigenvalue weighted by Crippen LogP contribution is 2.38. The molecule has 5 aromatic rings. The lowest BCUT2D eigenvalue weighted by Crippen LogP contribution is -2.09. The van der Waals surface area contributed by atoms with Crippen LogP contribution in [0.3, 0.4) is 0 Å². The maximum absolute atomic E-state index is 13.8. The predicted molar refractivity (Wildman–Crippen MR) is 142 cm³/mol. The number of nitrogens with zero attached hydrogens (tertiary/aromatic N) is 2. The van der Waals surface area contributed by atoms with Crippen LogP contribution in [-0.2, 0) is 11.2 Å². The fourth-order valence-electron chi connectivity index (χ4n) is 4.50. The molecule has 0 bridgehead atoms. The second kappa shape index (κ2) is 10.5. The van der Waals surface area contributed by atoms with Crippen LogP contribution < -0.4 is 4.74 Å². The van der Waals surface area contributed by atoms with Crippen LogP contribution in [-0.4, -0.2) is 27.5 Å². The number of benzene rings is 4. The summed E-state index contributed by atoms with van der Waals surface area (Å²) in [5.74, 6) is -0.842. The minimum Gasteiger partial charge on any atom is -0.482 e. The first-order valence-electron chi connectivity index (χ1n) is 12.0. The number of halogens is 1. The molecule has 5 nitrogen and oxygen atoms in total. The molecule has 0 saturated carbocycles. The van der Waals surface area contributed by atoms with Gasteiger partial charge in [-0.1, -0.05) is 79.7 Å². The summed E-state index contributed by atoms with van der Waals surface area (Å²) in [7, 11) is 0. The van der Waals surface area contributed by atoms with Crippen molar-refractivity contribution < 1.29 is 19.0 Å². The van der Waals surface area contributed by atoms with Crippen molar-refractivity contribution in [2.45, 2.75) is 13.3 Å². The molecule has 0 atom stereocenters. The molecule has 184 valence electrons. The molecule has 1 aromatic heterocycles. The number of para-hydroxylation sites is 1. The average molecular weight is 493 g/mol. The molecule has 0 fully saturated rings. The van der Waals surface area contributed by atoms with E-state index in [9.17, 15) is 9.18 Å². The zero-order valence-corrected chi connectivity index (χ0v) is 20.3. The van der Waals surface area contributed by atoms with Gasteiger partial charge in [0.15, 0.2) is 6.61 Å². The normalized spacial score (nSPS) is 10.9. The van der Waals surface area contributed by atoms with E-state index in [-0.39, 0.29) is 5.82 Å². The lowest BCUT2D eigenvalue weighted by atomic mass is 9.97. The molecule has 0 amide bonds. The van der Waals surface area contributed by atoms with E-state index in [1.807, 2.05) is 77.5 Å². The van der Waals surface area contributed by atoms with Crippen molar-refractivity contribution in [3.63, 3.8) is 0 Å². The smallest absolute Gasteiger partial charge is 0.341 e. The lowest BCUT2D eigenvalue weighted by Gasteiger charge is -2.14. The van der Waals surface area contributed by atoms with Gasteiger partial charge in [0, 0.05) is 16.7 Å². The summed E-state index contributed by atoms with van der Waals surface area (Å²) in [5.41, 5.74) is 7.31. The molecule has 0 aliphatic carbocycles. The first-order valence-corrected chi connectivity index (χ1v) is 12.0. The largest absolute Gasteiger partial charge is 0.482 e. The van der Waals surface area contributed by atoms with E-state index in [1.54, 1.807) is 18.2 Å². The summed E-state index contributed by atoms with van der Waals surface area (Å²) >= 11 is 0. The average Bonchev–Trinajstić information content (AvgIpc) is 3.32. The standard InChI is InChI=1S/C31H25FN2O3/c1-2-27-30(21-15-17-24(32)18-16-21)31(22-9-4-3-5-10-22)33-34(27)28-14-7-6-13-26(28)23-11-8-12-25(19-23)37-20-29(35)36/h3-19H,2,20H2,1H3,(H,35,36). The Hall–Kier alpha value is -4.71. The third kappa shape index (κ3) is 5.00. The van der Waals surface area contributed by atoms with Crippen LogP contribution in [0.1, 0.15) is 12.6 Å². The SMILES string of the molecule is CCc1c(-c2ccc(F)cc2)c(-c2ccccc2)nn1-c1ccccc1-c1cccc(OCC(=O)O)c1. The first kappa shape index (κ1) is 24.0. The summed E-state index contributed by atoms with van der Waals surface area (Å²) in [6, 6.07) is 31.8. The van der Waals surface area contributed by atoms with Gasteiger partial charge in [0.1, 0.15) is 17.3 Å². The Kier molecular flexibility index (Phi) is 6.81. The molecule has 0 unspecified atom stereocenters. The quantitative estimate of drug-likeness (QED) is 0.252. The number of hydrogen-bond acceptors (Lipinski definition) is 3. The molecule has 0 radical (unpaired) electrons. The van der Waals surface area contributed by atoms with E-state index >= 15 is 0 Å². The topological polar surface area (TPSA) is 64.4 Å². The maximum Gasteiger partial charge on any atom is 0.341 e. The Morgan fingerprint density at radius 2 is 1.57 bits per heavy atom. The number of aliphatic carboxylic acids is 1. The van der Waals surface area contributed by atoms with Crippen LogP contribution in [0, 0.1) is 5.82 Å². The van der Waals surface area contributed by atoms with Crippen molar-refractivity contribution in [2.75, 3.05) is 6.61 Å². The van der Waals surface area contributed by atoms with E-state index < -0.39 is 12.6 Å². The maximum atomic E-state index is 13.8. The van der Waals surface area contributed by atoms with Crippen LogP contribution >= 0.6 is 0 Å². The molecular weight excluding hydrogens is 467 g/mol. The van der Waals surface area contributed by atoms with Crippen LogP contribution in [0.2, 0.25) is 0 Å². The van der Waals surface area contributed by atoms with E-state index in [2.05, 4.69) is 6.92 Å². The zero-order valence-electron chi connectivity index (χ0n) is 20.3. The number of ether oxygens (including phenoxy) is 1. The van der Waals surface area contributed by atoms with E-state index in [1.165, 1.54) is 12.1 Å². The molecule has 1 heterocycles. The highest BCUT2D eigenvalue weighted by atomic mass is 19.1. The fourth-order valence-corrected chi connectivity index (χ4v) is 4.50. The van der Waals surface area contributed by atoms with Crippen molar-refractivity contribution >= 4 is 5.97 Å². The number of rotatable bonds is 8. The Labute approximate surface area is 214 Å². The van der Waals surface area contributed by atoms with Crippen molar-refractivity contribution in [3.05, 3.63) is 115 Å². The van der Waals surface area contributed by atoms with Crippen molar-refractivity contribution in [3.8, 4) is 44.9 Å². The summed E-state index contributed by atoms with van der Waals surface area (Å²) in [5, 5.41) is 14.1. The highest BCUT2D eigenvalue weighted by molar-refractivity contribution is 5.84. The van der Waals surface area contributed by atoms with Gasteiger partial charge in [0.05, 0.1) is 11.4 Å². The molecule has 5 rings (SSSR count). The monoisotopic (exact) mass is 492 g/mol. The minimum absolute atomic E-state index is 0.286. The number of hydrogen-bond donors (Lipinski definition) is 1. The third-order valence-electron chi connectivity index (χ3n) is 6.14. The zero-order chi connectivity index (χ0) is 25.8.